The third kappa shape index (κ3) is 3.74. The van der Waals surface area contributed by atoms with Crippen LogP contribution < -0.4 is 3.71 Å². The van der Waals surface area contributed by atoms with Gasteiger partial charge in [0.05, 0.1) is 15.5 Å². The first-order valence-corrected chi connectivity index (χ1v) is 11.0. The number of hydrogen-bond acceptors (Lipinski definition) is 4. The first-order valence-electron chi connectivity index (χ1n) is 8.13. The van der Waals surface area contributed by atoms with Gasteiger partial charge in [-0.25, -0.2) is 16.8 Å². The molecule has 0 aliphatic heterocycles. The van der Waals surface area contributed by atoms with E-state index in [-0.39, 0.29) is 15.5 Å². The van der Waals surface area contributed by atoms with Gasteiger partial charge in [-0.3, -0.25) is 0 Å². The van der Waals surface area contributed by atoms with E-state index in [1.165, 1.54) is 42.5 Å². The van der Waals surface area contributed by atoms with Crippen molar-refractivity contribution < 1.29 is 16.8 Å². The lowest BCUT2D eigenvalue weighted by molar-refractivity contribution is 0.584. The van der Waals surface area contributed by atoms with E-state index in [4.69, 9.17) is 0 Å². The second kappa shape index (κ2) is 7.17. The van der Waals surface area contributed by atoms with Crippen LogP contribution in [0.4, 0.5) is 5.69 Å². The van der Waals surface area contributed by atoms with Gasteiger partial charge in [0, 0.05) is 0 Å². The predicted molar refractivity (Wildman–Crippen MR) is 104 cm³/mol. The van der Waals surface area contributed by atoms with Crippen LogP contribution in [0.25, 0.3) is 0 Å². The minimum Gasteiger partial charge on any atom is -0.200 e. The summed E-state index contributed by atoms with van der Waals surface area (Å²) in [6, 6.07) is 20.7. The van der Waals surface area contributed by atoms with Crippen molar-refractivity contribution in [1.82, 2.24) is 0 Å². The number of sulfonamides is 2. The molecule has 1 radical (unpaired) electrons. The van der Waals surface area contributed by atoms with Crippen LogP contribution in [0.15, 0.2) is 82.6 Å². The first-order chi connectivity index (χ1) is 12.7. The Labute approximate surface area is 160 Å². The third-order valence-electron chi connectivity index (χ3n) is 3.98. The van der Waals surface area contributed by atoms with E-state index in [0.29, 0.717) is 3.71 Å². The van der Waals surface area contributed by atoms with Gasteiger partial charge in [-0.15, -0.1) is 0 Å². The average molecular weight is 401 g/mol. The van der Waals surface area contributed by atoms with Crippen molar-refractivity contribution in [3.63, 3.8) is 0 Å². The Morgan fingerprint density at radius 2 is 1.15 bits per heavy atom. The number of aryl methyl sites for hydroxylation is 2. The summed E-state index contributed by atoms with van der Waals surface area (Å²) in [6.07, 6.45) is 0. The van der Waals surface area contributed by atoms with Crippen molar-refractivity contribution in [2.45, 2.75) is 23.6 Å². The van der Waals surface area contributed by atoms with Gasteiger partial charge >= 0.3 is 0 Å². The number of rotatable bonds is 5. The zero-order valence-electron chi connectivity index (χ0n) is 14.8. The fourth-order valence-electron chi connectivity index (χ4n) is 2.52. The second-order valence-corrected chi connectivity index (χ2v) is 9.90. The van der Waals surface area contributed by atoms with Crippen molar-refractivity contribution in [2.24, 2.45) is 0 Å². The standard InChI is InChI=1S/C20H18NO4S2/c1-16-8-12-19(13-9-16)26(22,23)21(18-6-4-3-5-7-18)27(24,25)20-14-10-17(2)11-15-20/h3-4,6-15H,1-2H3. The summed E-state index contributed by atoms with van der Waals surface area (Å²) in [5.74, 6) is 0. The molecule has 5 nitrogen and oxygen atoms in total. The molecule has 0 aliphatic rings. The SMILES string of the molecule is Cc1ccc(S(=O)(=O)N(c2c[c]ccc2)S(=O)(=O)c2ccc(C)cc2)cc1. The Morgan fingerprint density at radius 3 is 1.52 bits per heavy atom. The molecule has 0 saturated heterocycles. The highest BCUT2D eigenvalue weighted by Gasteiger charge is 2.36. The summed E-state index contributed by atoms with van der Waals surface area (Å²) in [6.45, 7) is 3.65. The third-order valence-corrected chi connectivity index (χ3v) is 8.18. The van der Waals surface area contributed by atoms with Gasteiger partial charge in [-0.05, 0) is 56.3 Å². The van der Waals surface area contributed by atoms with E-state index in [0.717, 1.165) is 11.1 Å². The van der Waals surface area contributed by atoms with Crippen molar-refractivity contribution >= 4 is 25.7 Å². The Morgan fingerprint density at radius 1 is 0.704 bits per heavy atom. The van der Waals surface area contributed by atoms with Crippen molar-refractivity contribution in [2.75, 3.05) is 3.71 Å². The molecule has 0 amide bonds. The highest BCUT2D eigenvalue weighted by molar-refractivity contribution is 8.10. The molecular weight excluding hydrogens is 382 g/mol. The Kier molecular flexibility index (Phi) is 5.08. The molecular formula is C20H18NO4S2. The van der Waals surface area contributed by atoms with Gasteiger partial charge in [-0.1, -0.05) is 47.5 Å². The maximum atomic E-state index is 13.3. The van der Waals surface area contributed by atoms with Crippen LogP contribution in [-0.2, 0) is 20.0 Å². The van der Waals surface area contributed by atoms with E-state index in [1.807, 2.05) is 13.8 Å². The molecule has 0 bridgehead atoms. The lowest BCUT2D eigenvalue weighted by Gasteiger charge is -2.24. The monoisotopic (exact) mass is 400 g/mol. The molecule has 3 rings (SSSR count). The first kappa shape index (κ1) is 19.1. The minimum atomic E-state index is -4.36. The quantitative estimate of drug-likeness (QED) is 0.655. The molecule has 0 spiro atoms. The number of nitrogens with zero attached hydrogens (tertiary/aromatic N) is 1. The molecule has 0 aliphatic carbocycles. The highest BCUT2D eigenvalue weighted by atomic mass is 32.3. The summed E-state index contributed by atoms with van der Waals surface area (Å²) >= 11 is 0. The second-order valence-electron chi connectivity index (χ2n) is 6.10. The molecule has 7 heteroatoms. The fourth-order valence-corrected chi connectivity index (χ4v) is 6.19. The summed E-state index contributed by atoms with van der Waals surface area (Å²) < 4.78 is 53.5. The van der Waals surface area contributed by atoms with E-state index in [1.54, 1.807) is 30.3 Å². The maximum Gasteiger partial charge on any atom is 0.277 e. The molecule has 0 N–H and O–H groups in total. The zero-order chi connectivity index (χ0) is 19.7. The Hall–Kier alpha value is -2.64. The van der Waals surface area contributed by atoms with Gasteiger partial charge in [0.2, 0.25) is 0 Å². The van der Waals surface area contributed by atoms with Gasteiger partial charge in [0.1, 0.15) is 0 Å². The van der Waals surface area contributed by atoms with Gasteiger partial charge < -0.3 is 0 Å². The fraction of sp³-hybridized carbons (Fsp3) is 0.100. The average Bonchev–Trinajstić information content (AvgIpc) is 2.63. The largest absolute Gasteiger partial charge is 0.277 e. The van der Waals surface area contributed by atoms with Crippen LogP contribution in [0.1, 0.15) is 11.1 Å². The molecule has 3 aromatic rings. The molecule has 139 valence electrons. The number of benzene rings is 3. The summed E-state index contributed by atoms with van der Waals surface area (Å²) in [5, 5.41) is 0. The van der Waals surface area contributed by atoms with Crippen LogP contribution in [0.3, 0.4) is 0 Å². The Balaban J connectivity index is 2.24. The van der Waals surface area contributed by atoms with Crippen LogP contribution in [0, 0.1) is 19.9 Å². The van der Waals surface area contributed by atoms with Crippen LogP contribution >= 0.6 is 0 Å². The normalized spacial score (nSPS) is 11.9. The van der Waals surface area contributed by atoms with Crippen LogP contribution in [-0.4, -0.2) is 16.8 Å². The van der Waals surface area contributed by atoms with E-state index in [2.05, 4.69) is 6.07 Å². The summed E-state index contributed by atoms with van der Waals surface area (Å²) in [7, 11) is -8.72. The molecule has 0 atom stereocenters. The van der Waals surface area contributed by atoms with Crippen molar-refractivity contribution in [3.8, 4) is 0 Å². The van der Waals surface area contributed by atoms with Gasteiger partial charge in [-0.2, -0.15) is 3.71 Å². The Bertz CT molecular complexity index is 1060. The molecule has 0 heterocycles. The number of hydrogen-bond donors (Lipinski definition) is 0. The summed E-state index contributed by atoms with van der Waals surface area (Å²) in [4.78, 5) is -0.208. The van der Waals surface area contributed by atoms with Gasteiger partial charge in [0.25, 0.3) is 20.0 Å². The summed E-state index contributed by atoms with van der Waals surface area (Å²) in [5.41, 5.74) is 1.74. The molecule has 0 unspecified atom stereocenters. The lowest BCUT2D eigenvalue weighted by Crippen LogP contribution is -2.37. The predicted octanol–water partition coefficient (Wildman–Crippen LogP) is 3.69. The molecule has 3 aromatic carbocycles. The number of anilines is 1. The maximum absolute atomic E-state index is 13.3. The molecule has 0 aromatic heterocycles. The van der Waals surface area contributed by atoms with Crippen molar-refractivity contribution in [3.05, 3.63) is 90.0 Å². The minimum absolute atomic E-state index is 0.00125. The van der Waals surface area contributed by atoms with Crippen molar-refractivity contribution in [1.29, 1.82) is 0 Å². The van der Waals surface area contributed by atoms with E-state index >= 15 is 0 Å². The molecule has 0 saturated carbocycles. The van der Waals surface area contributed by atoms with Crippen LogP contribution in [0.2, 0.25) is 0 Å². The van der Waals surface area contributed by atoms with E-state index < -0.39 is 20.0 Å². The zero-order valence-corrected chi connectivity index (χ0v) is 16.5. The lowest BCUT2D eigenvalue weighted by atomic mass is 10.2. The molecule has 27 heavy (non-hydrogen) atoms. The topological polar surface area (TPSA) is 71.5 Å². The van der Waals surface area contributed by atoms with E-state index in [9.17, 15) is 16.8 Å². The van der Waals surface area contributed by atoms with Crippen LogP contribution in [0.5, 0.6) is 0 Å². The smallest absolute Gasteiger partial charge is 0.200 e. The van der Waals surface area contributed by atoms with Gasteiger partial charge in [0.15, 0.2) is 0 Å². The molecule has 0 fully saturated rings. The highest BCUT2D eigenvalue weighted by Crippen LogP contribution is 2.30.